The number of aromatic amines is 1. The normalized spacial score (nSPS) is 12.2. The van der Waals surface area contributed by atoms with Crippen molar-refractivity contribution in [2.24, 2.45) is 0 Å². The summed E-state index contributed by atoms with van der Waals surface area (Å²) in [6.45, 7) is 3.91. The highest BCUT2D eigenvalue weighted by molar-refractivity contribution is 6.30. The van der Waals surface area contributed by atoms with Crippen LogP contribution in [0.5, 0.6) is 0 Å². The minimum atomic E-state index is -0.238. The maximum atomic E-state index is 12.0. The number of aryl methyl sites for hydroxylation is 1. The molecule has 0 saturated heterocycles. The van der Waals surface area contributed by atoms with E-state index in [4.69, 9.17) is 11.6 Å². The summed E-state index contributed by atoms with van der Waals surface area (Å²) in [7, 11) is 0. The lowest BCUT2D eigenvalue weighted by Crippen LogP contribution is -2.29. The van der Waals surface area contributed by atoms with Crippen LogP contribution < -0.4 is 5.32 Å². The first-order valence-corrected chi connectivity index (χ1v) is 6.42. The van der Waals surface area contributed by atoms with Crippen molar-refractivity contribution in [2.45, 2.75) is 26.3 Å². The molecular weight excluding hydrogens is 264 g/mol. The Morgan fingerprint density at radius 3 is 2.74 bits per heavy atom. The Labute approximate surface area is 116 Å². The maximum Gasteiger partial charge on any atom is 0.270 e. The van der Waals surface area contributed by atoms with E-state index in [2.05, 4.69) is 20.3 Å². The molecule has 2 aromatic heterocycles. The molecule has 1 unspecified atom stereocenters. The first-order valence-electron chi connectivity index (χ1n) is 6.04. The lowest BCUT2D eigenvalue weighted by molar-refractivity contribution is 0.0929. The van der Waals surface area contributed by atoms with E-state index < -0.39 is 0 Å². The molecule has 2 heterocycles. The number of halogens is 1. The van der Waals surface area contributed by atoms with Crippen LogP contribution in [-0.2, 0) is 0 Å². The molecule has 0 fully saturated rings. The first kappa shape index (κ1) is 13.5. The van der Waals surface area contributed by atoms with Crippen molar-refractivity contribution < 1.29 is 4.79 Å². The standard InChI is InChI=1S/C13H15ClN4O/c1-3-10(12-16-6-8(2)17-12)18-13(19)11-5-4-9(14)7-15-11/h4-7,10H,3H2,1-2H3,(H,16,17)(H,18,19). The molecule has 0 bridgehead atoms. The van der Waals surface area contributed by atoms with Gasteiger partial charge in [0.2, 0.25) is 0 Å². The number of nitrogens with zero attached hydrogens (tertiary/aromatic N) is 2. The number of hydrogen-bond donors (Lipinski definition) is 2. The van der Waals surface area contributed by atoms with E-state index in [0.717, 1.165) is 17.9 Å². The van der Waals surface area contributed by atoms with Crippen LogP contribution in [0.4, 0.5) is 0 Å². The summed E-state index contributed by atoms with van der Waals surface area (Å²) in [5.41, 5.74) is 1.30. The Bertz CT molecular complexity index is 564. The Morgan fingerprint density at radius 1 is 1.42 bits per heavy atom. The molecule has 100 valence electrons. The van der Waals surface area contributed by atoms with Gasteiger partial charge in [0.05, 0.1) is 11.1 Å². The monoisotopic (exact) mass is 278 g/mol. The molecule has 2 N–H and O–H groups in total. The van der Waals surface area contributed by atoms with E-state index in [1.807, 2.05) is 13.8 Å². The van der Waals surface area contributed by atoms with Gasteiger partial charge in [0.15, 0.2) is 0 Å². The number of hydrogen-bond acceptors (Lipinski definition) is 3. The summed E-state index contributed by atoms with van der Waals surface area (Å²) in [4.78, 5) is 23.4. The number of pyridine rings is 1. The van der Waals surface area contributed by atoms with Crippen LogP contribution in [-0.4, -0.2) is 20.9 Å². The fourth-order valence-electron chi connectivity index (χ4n) is 1.72. The number of amides is 1. The second kappa shape index (κ2) is 5.84. The molecule has 2 aromatic rings. The Morgan fingerprint density at radius 2 is 2.21 bits per heavy atom. The molecule has 0 aliphatic carbocycles. The molecule has 0 saturated carbocycles. The van der Waals surface area contributed by atoms with E-state index in [1.165, 1.54) is 6.20 Å². The molecule has 6 heteroatoms. The second-order valence-electron chi connectivity index (χ2n) is 4.25. The minimum absolute atomic E-state index is 0.154. The van der Waals surface area contributed by atoms with Gasteiger partial charge >= 0.3 is 0 Å². The van der Waals surface area contributed by atoms with E-state index in [1.54, 1.807) is 18.3 Å². The summed E-state index contributed by atoms with van der Waals surface area (Å²) < 4.78 is 0. The van der Waals surface area contributed by atoms with Crippen LogP contribution in [0.1, 0.15) is 41.4 Å². The Balaban J connectivity index is 2.10. The topological polar surface area (TPSA) is 70.7 Å². The number of carbonyl (C=O) groups is 1. The lowest BCUT2D eigenvalue weighted by atomic mass is 10.2. The first-order chi connectivity index (χ1) is 9.10. The van der Waals surface area contributed by atoms with Gasteiger partial charge in [0.25, 0.3) is 5.91 Å². The average molecular weight is 279 g/mol. The number of carbonyl (C=O) groups excluding carboxylic acids is 1. The molecule has 5 nitrogen and oxygen atoms in total. The smallest absolute Gasteiger partial charge is 0.270 e. The van der Waals surface area contributed by atoms with Crippen LogP contribution in [0.3, 0.4) is 0 Å². The Hall–Kier alpha value is -1.88. The molecule has 0 aromatic carbocycles. The van der Waals surface area contributed by atoms with Gasteiger partial charge in [-0.2, -0.15) is 0 Å². The van der Waals surface area contributed by atoms with Crippen molar-refractivity contribution in [3.05, 3.63) is 46.8 Å². The highest BCUT2D eigenvalue weighted by Gasteiger charge is 2.17. The molecule has 0 spiro atoms. The van der Waals surface area contributed by atoms with Crippen LogP contribution in [0, 0.1) is 6.92 Å². The van der Waals surface area contributed by atoms with Gasteiger partial charge in [-0.25, -0.2) is 9.97 Å². The zero-order chi connectivity index (χ0) is 13.8. The number of H-pyrrole nitrogens is 1. The van der Waals surface area contributed by atoms with Crippen LogP contribution in [0.2, 0.25) is 5.02 Å². The number of imidazole rings is 1. The fourth-order valence-corrected chi connectivity index (χ4v) is 1.83. The van der Waals surface area contributed by atoms with Gasteiger partial charge in [0, 0.05) is 18.1 Å². The van der Waals surface area contributed by atoms with Crippen molar-refractivity contribution in [1.29, 1.82) is 0 Å². The van der Waals surface area contributed by atoms with E-state index in [0.29, 0.717) is 10.7 Å². The SMILES string of the molecule is CCC(NC(=O)c1ccc(Cl)cn1)c1ncc(C)[nH]1. The van der Waals surface area contributed by atoms with Crippen molar-refractivity contribution in [3.8, 4) is 0 Å². The number of rotatable bonds is 4. The third-order valence-electron chi connectivity index (χ3n) is 2.73. The molecule has 0 aliphatic heterocycles. The highest BCUT2D eigenvalue weighted by Crippen LogP contribution is 2.14. The predicted molar refractivity (Wildman–Crippen MR) is 73.1 cm³/mol. The summed E-state index contributed by atoms with van der Waals surface area (Å²) in [6, 6.07) is 3.08. The number of nitrogens with one attached hydrogen (secondary N) is 2. The molecule has 19 heavy (non-hydrogen) atoms. The van der Waals surface area contributed by atoms with Gasteiger partial charge < -0.3 is 10.3 Å². The summed E-state index contributed by atoms with van der Waals surface area (Å²) >= 11 is 5.74. The maximum absolute atomic E-state index is 12.0. The highest BCUT2D eigenvalue weighted by atomic mass is 35.5. The lowest BCUT2D eigenvalue weighted by Gasteiger charge is -2.14. The zero-order valence-electron chi connectivity index (χ0n) is 10.8. The van der Waals surface area contributed by atoms with Gasteiger partial charge in [-0.15, -0.1) is 0 Å². The third kappa shape index (κ3) is 3.32. The summed E-state index contributed by atoms with van der Waals surface area (Å²) in [6.07, 6.45) is 3.94. The van der Waals surface area contributed by atoms with Crippen LogP contribution in [0.25, 0.3) is 0 Å². The Kier molecular flexibility index (Phi) is 4.16. The summed E-state index contributed by atoms with van der Waals surface area (Å²) in [5, 5.41) is 3.40. The molecule has 0 radical (unpaired) electrons. The van der Waals surface area contributed by atoms with E-state index in [-0.39, 0.29) is 11.9 Å². The quantitative estimate of drug-likeness (QED) is 0.903. The van der Waals surface area contributed by atoms with Gasteiger partial charge in [0.1, 0.15) is 11.5 Å². The van der Waals surface area contributed by atoms with Crippen LogP contribution >= 0.6 is 11.6 Å². The molecular formula is C13H15ClN4O. The molecule has 0 aliphatic rings. The van der Waals surface area contributed by atoms with Crippen molar-refractivity contribution in [2.75, 3.05) is 0 Å². The largest absolute Gasteiger partial charge is 0.344 e. The van der Waals surface area contributed by atoms with Gasteiger partial charge in [-0.1, -0.05) is 18.5 Å². The summed E-state index contributed by atoms with van der Waals surface area (Å²) in [5.74, 6) is 0.514. The fraction of sp³-hybridized carbons (Fsp3) is 0.308. The van der Waals surface area contributed by atoms with Crippen LogP contribution in [0.15, 0.2) is 24.5 Å². The van der Waals surface area contributed by atoms with Gasteiger partial charge in [-0.3, -0.25) is 4.79 Å². The van der Waals surface area contributed by atoms with E-state index in [9.17, 15) is 4.79 Å². The zero-order valence-corrected chi connectivity index (χ0v) is 11.5. The second-order valence-corrected chi connectivity index (χ2v) is 4.68. The minimum Gasteiger partial charge on any atom is -0.344 e. The van der Waals surface area contributed by atoms with Crippen molar-refractivity contribution >= 4 is 17.5 Å². The molecule has 1 atom stereocenters. The molecule has 2 rings (SSSR count). The average Bonchev–Trinajstić information content (AvgIpc) is 2.83. The van der Waals surface area contributed by atoms with Crippen molar-refractivity contribution in [1.82, 2.24) is 20.3 Å². The predicted octanol–water partition coefficient (Wildman–Crippen LogP) is 2.65. The van der Waals surface area contributed by atoms with Crippen molar-refractivity contribution in [3.63, 3.8) is 0 Å². The van der Waals surface area contributed by atoms with E-state index >= 15 is 0 Å². The third-order valence-corrected chi connectivity index (χ3v) is 2.95. The van der Waals surface area contributed by atoms with Gasteiger partial charge in [-0.05, 0) is 25.5 Å². The number of aromatic nitrogens is 3. The molecule has 1 amide bonds.